The van der Waals surface area contributed by atoms with Crippen LogP contribution in [-0.2, 0) is 17.9 Å². The molecular weight excluding hydrogens is 432 g/mol. The monoisotopic (exact) mass is 458 g/mol. The molecule has 3 aromatic rings. The highest BCUT2D eigenvalue weighted by Gasteiger charge is 2.14. The number of anilines is 2. The summed E-state index contributed by atoms with van der Waals surface area (Å²) in [7, 11) is 3.84. The Hall–Kier alpha value is -2.71. The van der Waals surface area contributed by atoms with Crippen molar-refractivity contribution in [3.63, 3.8) is 0 Å². The van der Waals surface area contributed by atoms with E-state index in [0.717, 1.165) is 36.6 Å². The SMILES string of the molecule is CCCCn1c(-c2ccc(Cl)cc2)nn(CCC(=O)Nc2ccc(N(C)C)nc2)c1=S. The van der Waals surface area contributed by atoms with Crippen LogP contribution < -0.4 is 10.2 Å². The molecule has 0 aliphatic rings. The molecule has 0 unspecified atom stereocenters. The van der Waals surface area contributed by atoms with E-state index in [1.165, 1.54) is 0 Å². The topological polar surface area (TPSA) is 68.0 Å². The molecule has 0 spiro atoms. The number of benzene rings is 1. The number of rotatable bonds is 9. The van der Waals surface area contributed by atoms with Gasteiger partial charge >= 0.3 is 0 Å². The number of hydrogen-bond acceptors (Lipinski definition) is 5. The van der Waals surface area contributed by atoms with Gasteiger partial charge in [0.1, 0.15) is 5.82 Å². The van der Waals surface area contributed by atoms with Crippen molar-refractivity contribution in [2.45, 2.75) is 39.3 Å². The summed E-state index contributed by atoms with van der Waals surface area (Å²) < 4.78 is 4.37. The zero-order chi connectivity index (χ0) is 22.4. The molecule has 2 heterocycles. The van der Waals surface area contributed by atoms with Gasteiger partial charge in [-0.3, -0.25) is 9.36 Å². The number of pyridine rings is 1. The van der Waals surface area contributed by atoms with Gasteiger partial charge in [0, 0.05) is 37.6 Å². The second kappa shape index (κ2) is 10.5. The number of nitrogens with zero attached hydrogens (tertiary/aromatic N) is 5. The lowest BCUT2D eigenvalue weighted by Crippen LogP contribution is -2.16. The molecule has 31 heavy (non-hydrogen) atoms. The predicted octanol–water partition coefficient (Wildman–Crippen LogP) is 5.02. The highest BCUT2D eigenvalue weighted by atomic mass is 35.5. The van der Waals surface area contributed by atoms with Crippen LogP contribution in [0.15, 0.2) is 42.6 Å². The van der Waals surface area contributed by atoms with E-state index >= 15 is 0 Å². The van der Waals surface area contributed by atoms with Crippen molar-refractivity contribution in [2.75, 3.05) is 24.3 Å². The number of aromatic nitrogens is 4. The first kappa shape index (κ1) is 23.0. The maximum atomic E-state index is 12.4. The summed E-state index contributed by atoms with van der Waals surface area (Å²) in [5, 5.41) is 8.25. The van der Waals surface area contributed by atoms with Gasteiger partial charge in [0.25, 0.3) is 0 Å². The fourth-order valence-corrected chi connectivity index (χ4v) is 3.51. The third-order valence-electron chi connectivity index (χ3n) is 4.80. The molecule has 0 aliphatic carbocycles. The van der Waals surface area contributed by atoms with E-state index in [2.05, 4.69) is 17.2 Å². The highest BCUT2D eigenvalue weighted by Crippen LogP contribution is 2.22. The first-order valence-corrected chi connectivity index (χ1v) is 11.0. The number of carbonyl (C=O) groups excluding carboxylic acids is 1. The largest absolute Gasteiger partial charge is 0.363 e. The Morgan fingerprint density at radius 2 is 1.90 bits per heavy atom. The minimum absolute atomic E-state index is 0.113. The van der Waals surface area contributed by atoms with E-state index in [0.29, 0.717) is 22.0 Å². The van der Waals surface area contributed by atoms with Crippen molar-refractivity contribution in [3.8, 4) is 11.4 Å². The number of nitrogens with one attached hydrogen (secondary N) is 1. The Labute approximate surface area is 192 Å². The Kier molecular flexibility index (Phi) is 7.81. The van der Waals surface area contributed by atoms with E-state index in [4.69, 9.17) is 28.9 Å². The summed E-state index contributed by atoms with van der Waals surface area (Å²) >= 11 is 11.7. The fourth-order valence-electron chi connectivity index (χ4n) is 3.07. The predicted molar refractivity (Wildman–Crippen MR) is 128 cm³/mol. The van der Waals surface area contributed by atoms with Gasteiger partial charge in [0.15, 0.2) is 10.6 Å². The molecule has 1 aromatic carbocycles. The van der Waals surface area contributed by atoms with Crippen molar-refractivity contribution in [1.29, 1.82) is 0 Å². The summed E-state index contributed by atoms with van der Waals surface area (Å²) in [6.07, 6.45) is 3.96. The van der Waals surface area contributed by atoms with Gasteiger partial charge < -0.3 is 10.2 Å². The number of hydrogen-bond donors (Lipinski definition) is 1. The van der Waals surface area contributed by atoms with Crippen molar-refractivity contribution < 1.29 is 4.79 Å². The molecule has 0 saturated carbocycles. The lowest BCUT2D eigenvalue weighted by atomic mass is 10.2. The number of amides is 1. The molecule has 3 rings (SSSR count). The molecule has 0 atom stereocenters. The second-order valence-corrected chi connectivity index (χ2v) is 8.24. The number of halogens is 1. The Bertz CT molecular complexity index is 1070. The van der Waals surface area contributed by atoms with Gasteiger partial charge in [-0.1, -0.05) is 24.9 Å². The van der Waals surface area contributed by atoms with Crippen molar-refractivity contribution in [1.82, 2.24) is 19.3 Å². The Balaban J connectivity index is 1.72. The van der Waals surface area contributed by atoms with Crippen LogP contribution in [0, 0.1) is 4.77 Å². The normalized spacial score (nSPS) is 10.8. The van der Waals surface area contributed by atoms with Crippen LogP contribution >= 0.6 is 23.8 Å². The standard InChI is InChI=1S/C22H27ClN6OS/c1-4-5-13-28-21(16-6-8-17(23)9-7-16)26-29(22(28)31)14-12-20(30)25-18-10-11-19(24-15-18)27(2)3/h6-11,15H,4-5,12-14H2,1-3H3,(H,25,30). The zero-order valence-electron chi connectivity index (χ0n) is 18.0. The van der Waals surface area contributed by atoms with Crippen molar-refractivity contribution >= 4 is 41.2 Å². The van der Waals surface area contributed by atoms with E-state index in [9.17, 15) is 4.79 Å². The number of unbranched alkanes of at least 4 members (excludes halogenated alkanes) is 1. The van der Waals surface area contributed by atoms with Crippen LogP contribution in [0.1, 0.15) is 26.2 Å². The number of aryl methyl sites for hydroxylation is 1. The molecule has 164 valence electrons. The quantitative estimate of drug-likeness (QED) is 0.456. The molecule has 0 saturated heterocycles. The summed E-state index contributed by atoms with van der Waals surface area (Å²) in [5.74, 6) is 1.51. The van der Waals surface area contributed by atoms with E-state index < -0.39 is 0 Å². The van der Waals surface area contributed by atoms with Crippen LogP contribution in [0.2, 0.25) is 5.02 Å². The van der Waals surface area contributed by atoms with E-state index in [1.807, 2.05) is 60.0 Å². The molecule has 0 bridgehead atoms. The van der Waals surface area contributed by atoms with E-state index in [1.54, 1.807) is 10.9 Å². The lowest BCUT2D eigenvalue weighted by molar-refractivity contribution is -0.116. The lowest BCUT2D eigenvalue weighted by Gasteiger charge is -2.11. The third-order valence-corrected chi connectivity index (χ3v) is 5.48. The summed E-state index contributed by atoms with van der Waals surface area (Å²) in [5.41, 5.74) is 1.61. The maximum absolute atomic E-state index is 12.4. The van der Waals surface area contributed by atoms with Crippen LogP contribution in [0.5, 0.6) is 0 Å². The van der Waals surface area contributed by atoms with Crippen molar-refractivity contribution in [2.24, 2.45) is 0 Å². The van der Waals surface area contributed by atoms with Gasteiger partial charge in [0.05, 0.1) is 18.4 Å². The third kappa shape index (κ3) is 5.92. The molecule has 7 nitrogen and oxygen atoms in total. The summed E-state index contributed by atoms with van der Waals surface area (Å²) in [4.78, 5) is 18.7. The smallest absolute Gasteiger partial charge is 0.226 e. The summed E-state index contributed by atoms with van der Waals surface area (Å²) in [6.45, 7) is 3.32. The first-order chi connectivity index (χ1) is 14.9. The van der Waals surface area contributed by atoms with Crippen molar-refractivity contribution in [3.05, 3.63) is 52.4 Å². The fraction of sp³-hybridized carbons (Fsp3) is 0.364. The zero-order valence-corrected chi connectivity index (χ0v) is 19.6. The first-order valence-electron chi connectivity index (χ1n) is 10.3. The van der Waals surface area contributed by atoms with Gasteiger partial charge in [-0.15, -0.1) is 0 Å². The Morgan fingerprint density at radius 1 is 1.16 bits per heavy atom. The van der Waals surface area contributed by atoms with Gasteiger partial charge in [-0.05, 0) is 55.0 Å². The van der Waals surface area contributed by atoms with Gasteiger partial charge in [-0.2, -0.15) is 5.10 Å². The van der Waals surface area contributed by atoms with Crippen LogP contribution in [0.3, 0.4) is 0 Å². The second-order valence-electron chi connectivity index (χ2n) is 7.44. The van der Waals surface area contributed by atoms with Gasteiger partial charge in [0.2, 0.25) is 5.91 Å². The molecule has 0 fully saturated rings. The average Bonchev–Trinajstić information content (AvgIpc) is 3.07. The number of carbonyl (C=O) groups is 1. The average molecular weight is 459 g/mol. The maximum Gasteiger partial charge on any atom is 0.226 e. The molecule has 2 aromatic heterocycles. The molecule has 1 amide bonds. The van der Waals surface area contributed by atoms with Crippen LogP contribution in [0.25, 0.3) is 11.4 Å². The minimum Gasteiger partial charge on any atom is -0.363 e. The van der Waals surface area contributed by atoms with E-state index in [-0.39, 0.29) is 12.3 Å². The highest BCUT2D eigenvalue weighted by molar-refractivity contribution is 7.71. The molecule has 0 aliphatic heterocycles. The minimum atomic E-state index is -0.113. The molecule has 0 radical (unpaired) electrons. The molecule has 9 heteroatoms. The molecule has 1 N–H and O–H groups in total. The summed E-state index contributed by atoms with van der Waals surface area (Å²) in [6, 6.07) is 11.2. The molecular formula is C22H27ClN6OS. The van der Waals surface area contributed by atoms with Crippen LogP contribution in [0.4, 0.5) is 11.5 Å². The Morgan fingerprint density at radius 3 is 2.52 bits per heavy atom. The van der Waals surface area contributed by atoms with Gasteiger partial charge in [-0.25, -0.2) is 9.67 Å². The van der Waals surface area contributed by atoms with Crippen LogP contribution in [-0.4, -0.2) is 39.3 Å².